The molecule has 0 heterocycles. The smallest absolute Gasteiger partial charge is 0.268 e. The summed E-state index contributed by atoms with van der Waals surface area (Å²) < 4.78 is 28.0. The number of aryl methyl sites for hydroxylation is 2. The van der Waals surface area contributed by atoms with Crippen molar-refractivity contribution in [2.24, 2.45) is 0 Å². The van der Waals surface area contributed by atoms with Crippen molar-refractivity contribution in [2.75, 3.05) is 4.31 Å². The summed E-state index contributed by atoms with van der Waals surface area (Å²) in [5.74, 6) is -0.578. The van der Waals surface area contributed by atoms with Crippen molar-refractivity contribution in [3.63, 3.8) is 0 Å². The average molecular weight is 436 g/mol. The van der Waals surface area contributed by atoms with Crippen LogP contribution in [0.2, 0.25) is 0 Å². The zero-order valence-corrected chi connectivity index (χ0v) is 19.5. The Morgan fingerprint density at radius 1 is 0.839 bits per heavy atom. The molecule has 0 aromatic heterocycles. The van der Waals surface area contributed by atoms with Gasteiger partial charge in [-0.25, -0.2) is 8.42 Å². The fourth-order valence-corrected chi connectivity index (χ4v) is 4.69. The van der Waals surface area contributed by atoms with Gasteiger partial charge in [0.25, 0.3) is 15.9 Å². The third kappa shape index (κ3) is 4.88. The lowest BCUT2D eigenvalue weighted by Gasteiger charge is -2.24. The lowest BCUT2D eigenvalue weighted by Crippen LogP contribution is -2.37. The Hall–Kier alpha value is -2.92. The van der Waals surface area contributed by atoms with E-state index in [0.29, 0.717) is 11.3 Å². The van der Waals surface area contributed by atoms with Gasteiger partial charge in [-0.1, -0.05) is 69.7 Å². The summed E-state index contributed by atoms with van der Waals surface area (Å²) in [5.41, 5.74) is 3.67. The normalized spacial score (nSPS) is 11.9. The minimum Gasteiger partial charge on any atom is -0.268 e. The van der Waals surface area contributed by atoms with Gasteiger partial charge < -0.3 is 0 Å². The molecule has 0 saturated heterocycles. The molecule has 0 aliphatic rings. The maximum absolute atomic E-state index is 13.5. The third-order valence-corrected chi connectivity index (χ3v) is 7.05. The van der Waals surface area contributed by atoms with Crippen LogP contribution in [0.5, 0.6) is 0 Å². The van der Waals surface area contributed by atoms with Gasteiger partial charge in [0.05, 0.1) is 10.6 Å². The summed E-state index contributed by atoms with van der Waals surface area (Å²) in [5, 5.41) is 0. The molecule has 0 aliphatic heterocycles. The van der Waals surface area contributed by atoms with E-state index in [1.54, 1.807) is 36.4 Å². The molecule has 0 aliphatic carbocycles. The van der Waals surface area contributed by atoms with Crippen molar-refractivity contribution < 1.29 is 13.2 Å². The first-order valence-corrected chi connectivity index (χ1v) is 11.8. The summed E-state index contributed by atoms with van der Waals surface area (Å²) in [4.78, 5) is 13.6. The highest BCUT2D eigenvalue weighted by molar-refractivity contribution is 7.93. The van der Waals surface area contributed by atoms with Gasteiger partial charge in [0, 0.05) is 5.56 Å². The van der Waals surface area contributed by atoms with Crippen LogP contribution in [0.1, 0.15) is 54.7 Å². The van der Waals surface area contributed by atoms with Crippen LogP contribution in [0.25, 0.3) is 0 Å². The Morgan fingerprint density at radius 3 is 1.87 bits per heavy atom. The summed E-state index contributed by atoms with van der Waals surface area (Å²) >= 11 is 0. The van der Waals surface area contributed by atoms with Crippen molar-refractivity contribution >= 4 is 21.6 Å². The highest BCUT2D eigenvalue weighted by atomic mass is 32.2. The Kier molecular flexibility index (Phi) is 6.37. The number of amides is 1. The van der Waals surface area contributed by atoms with Crippen LogP contribution in [0, 0.1) is 6.92 Å². The number of carbonyl (C=O) groups is 1. The number of carbonyl (C=O) groups excluding carboxylic acids is 1. The zero-order valence-electron chi connectivity index (χ0n) is 18.7. The second kappa shape index (κ2) is 8.67. The number of sulfonamides is 1. The van der Waals surface area contributed by atoms with Gasteiger partial charge in [-0.3, -0.25) is 4.79 Å². The lowest BCUT2D eigenvalue weighted by molar-refractivity contribution is 0.101. The molecular weight excluding hydrogens is 406 g/mol. The summed E-state index contributed by atoms with van der Waals surface area (Å²) in [7, 11) is -4.09. The highest BCUT2D eigenvalue weighted by Crippen LogP contribution is 2.28. The fourth-order valence-electron chi connectivity index (χ4n) is 3.28. The summed E-state index contributed by atoms with van der Waals surface area (Å²) in [6.07, 6.45) is 0.827. The maximum atomic E-state index is 13.5. The van der Waals surface area contributed by atoms with Crippen LogP contribution >= 0.6 is 0 Å². The molecule has 0 atom stereocenters. The lowest BCUT2D eigenvalue weighted by atomic mass is 9.87. The molecule has 0 bridgehead atoms. The van der Waals surface area contributed by atoms with Crippen LogP contribution in [-0.4, -0.2) is 14.3 Å². The summed E-state index contributed by atoms with van der Waals surface area (Å²) in [6.45, 7) is 10.2. The van der Waals surface area contributed by atoms with Gasteiger partial charge in [0.2, 0.25) is 0 Å². The molecular formula is C26H29NO3S. The van der Waals surface area contributed by atoms with Gasteiger partial charge in [-0.05, 0) is 66.3 Å². The molecule has 162 valence electrons. The van der Waals surface area contributed by atoms with Gasteiger partial charge in [-0.15, -0.1) is 0 Å². The molecule has 0 radical (unpaired) electrons. The van der Waals surface area contributed by atoms with E-state index >= 15 is 0 Å². The van der Waals surface area contributed by atoms with E-state index in [-0.39, 0.29) is 10.3 Å². The maximum Gasteiger partial charge on any atom is 0.272 e. The van der Waals surface area contributed by atoms with E-state index in [0.717, 1.165) is 27.4 Å². The average Bonchev–Trinajstić information content (AvgIpc) is 2.74. The number of benzene rings is 3. The molecule has 3 rings (SSSR count). The molecule has 3 aromatic rings. The quantitative estimate of drug-likeness (QED) is 0.502. The predicted molar refractivity (Wildman–Crippen MR) is 126 cm³/mol. The van der Waals surface area contributed by atoms with E-state index < -0.39 is 15.9 Å². The van der Waals surface area contributed by atoms with Crippen molar-refractivity contribution in [2.45, 2.75) is 51.3 Å². The minimum absolute atomic E-state index is 0.0643. The zero-order chi connectivity index (χ0) is 22.8. The molecule has 0 fully saturated rings. The van der Waals surface area contributed by atoms with Crippen LogP contribution < -0.4 is 4.31 Å². The third-order valence-electron chi connectivity index (χ3n) is 5.32. The number of hydrogen-bond acceptors (Lipinski definition) is 3. The highest BCUT2D eigenvalue weighted by Gasteiger charge is 2.32. The van der Waals surface area contributed by atoms with E-state index in [9.17, 15) is 13.2 Å². The second-order valence-electron chi connectivity index (χ2n) is 8.73. The van der Waals surface area contributed by atoms with E-state index in [2.05, 4.69) is 20.8 Å². The van der Waals surface area contributed by atoms with Crippen molar-refractivity contribution in [3.05, 3.63) is 95.1 Å². The Morgan fingerprint density at radius 2 is 1.39 bits per heavy atom. The first kappa shape index (κ1) is 22.8. The van der Waals surface area contributed by atoms with Crippen LogP contribution in [0.3, 0.4) is 0 Å². The van der Waals surface area contributed by atoms with Crippen LogP contribution in [0.15, 0.2) is 77.7 Å². The monoisotopic (exact) mass is 435 g/mol. The number of anilines is 1. The Labute approximate surface area is 185 Å². The fraction of sp³-hybridized carbons (Fsp3) is 0.269. The molecule has 0 N–H and O–H groups in total. The van der Waals surface area contributed by atoms with Gasteiger partial charge in [-0.2, -0.15) is 4.31 Å². The van der Waals surface area contributed by atoms with Crippen molar-refractivity contribution in [3.8, 4) is 0 Å². The van der Waals surface area contributed by atoms with Crippen LogP contribution in [0.4, 0.5) is 5.69 Å². The molecule has 1 amide bonds. The van der Waals surface area contributed by atoms with Gasteiger partial charge in [0.15, 0.2) is 0 Å². The topological polar surface area (TPSA) is 54.5 Å². The molecule has 4 nitrogen and oxygen atoms in total. The van der Waals surface area contributed by atoms with E-state index in [4.69, 9.17) is 0 Å². The van der Waals surface area contributed by atoms with Crippen molar-refractivity contribution in [1.82, 2.24) is 0 Å². The largest absolute Gasteiger partial charge is 0.272 e. The summed E-state index contributed by atoms with van der Waals surface area (Å²) in [6, 6.07) is 20.8. The Balaban J connectivity index is 2.11. The first-order valence-electron chi connectivity index (χ1n) is 10.4. The van der Waals surface area contributed by atoms with E-state index in [1.807, 2.05) is 38.1 Å². The van der Waals surface area contributed by atoms with Gasteiger partial charge >= 0.3 is 0 Å². The molecule has 3 aromatic carbocycles. The SMILES string of the molecule is CCc1ccc(N(C(=O)c2ccc(C(C)(C)C)cc2)S(=O)(=O)c2ccc(C)cc2)cc1. The minimum atomic E-state index is -4.09. The molecule has 0 spiro atoms. The second-order valence-corrected chi connectivity index (χ2v) is 10.5. The van der Waals surface area contributed by atoms with Crippen molar-refractivity contribution in [1.29, 1.82) is 0 Å². The molecule has 31 heavy (non-hydrogen) atoms. The number of rotatable bonds is 5. The number of nitrogens with zero attached hydrogens (tertiary/aromatic N) is 1. The number of hydrogen-bond donors (Lipinski definition) is 0. The van der Waals surface area contributed by atoms with E-state index in [1.165, 1.54) is 12.1 Å². The predicted octanol–water partition coefficient (Wildman–Crippen LogP) is 5.89. The molecule has 0 unspecified atom stereocenters. The standard InChI is InChI=1S/C26H29NO3S/c1-6-20-9-15-23(16-10-20)27(31(29,30)24-17-7-19(2)8-18-24)25(28)21-11-13-22(14-12-21)26(3,4)5/h7-18H,6H2,1-5H3. The molecule has 0 saturated carbocycles. The van der Waals surface area contributed by atoms with Gasteiger partial charge in [0.1, 0.15) is 0 Å². The Bertz CT molecular complexity index is 1160. The first-order chi connectivity index (χ1) is 14.5. The molecule has 5 heteroatoms. The van der Waals surface area contributed by atoms with Crippen LogP contribution in [-0.2, 0) is 21.9 Å².